The molecule has 0 saturated carbocycles. The number of aromatic amines is 1. The molecule has 2 rings (SSSR count). The lowest BCUT2D eigenvalue weighted by Gasteiger charge is -2.07. The topological polar surface area (TPSA) is 74.8 Å². The molecule has 0 atom stereocenters. The van der Waals surface area contributed by atoms with Crippen molar-refractivity contribution in [3.8, 4) is 0 Å². The van der Waals surface area contributed by atoms with Gasteiger partial charge in [0.05, 0.1) is 0 Å². The summed E-state index contributed by atoms with van der Waals surface area (Å²) < 4.78 is 39.9. The van der Waals surface area contributed by atoms with Crippen molar-refractivity contribution >= 4 is 15.8 Å². The molecule has 2 aromatic rings. The van der Waals surface area contributed by atoms with Gasteiger partial charge < -0.3 is 0 Å². The molecule has 1 aromatic carbocycles. The number of H-pyrrole nitrogens is 1. The summed E-state index contributed by atoms with van der Waals surface area (Å²) in [5, 5.41) is 6.63. The molecule has 5 nitrogen and oxygen atoms in total. The van der Waals surface area contributed by atoms with Crippen molar-refractivity contribution in [2.24, 2.45) is 0 Å². The highest BCUT2D eigenvalue weighted by Crippen LogP contribution is 2.21. The third-order valence-corrected chi connectivity index (χ3v) is 4.19. The van der Waals surface area contributed by atoms with Crippen molar-refractivity contribution < 1.29 is 12.8 Å². The number of nitrogens with zero attached hydrogens (tertiary/aromatic N) is 1. The smallest absolute Gasteiger partial charge is 0.266 e. The van der Waals surface area contributed by atoms with Gasteiger partial charge in [-0.3, -0.25) is 9.82 Å². The molecule has 0 spiro atoms. The van der Waals surface area contributed by atoms with Crippen LogP contribution in [-0.4, -0.2) is 18.6 Å². The van der Waals surface area contributed by atoms with Crippen LogP contribution in [0.4, 0.5) is 10.2 Å². The first-order valence-corrected chi connectivity index (χ1v) is 7.25. The Morgan fingerprint density at radius 1 is 1.37 bits per heavy atom. The van der Waals surface area contributed by atoms with Crippen LogP contribution < -0.4 is 4.72 Å². The van der Waals surface area contributed by atoms with Crippen LogP contribution in [0.1, 0.15) is 18.2 Å². The fourth-order valence-corrected chi connectivity index (χ4v) is 2.87. The minimum atomic E-state index is -3.97. The van der Waals surface area contributed by atoms with Crippen LogP contribution in [0.15, 0.2) is 29.2 Å². The Hall–Kier alpha value is -1.89. The Balaban J connectivity index is 2.37. The second-order valence-corrected chi connectivity index (χ2v) is 5.72. The molecule has 0 amide bonds. The number of aryl methyl sites for hydroxylation is 1. The van der Waals surface area contributed by atoms with Crippen molar-refractivity contribution in [2.75, 3.05) is 4.72 Å². The van der Waals surface area contributed by atoms with E-state index in [1.165, 1.54) is 18.2 Å². The highest BCUT2D eigenvalue weighted by molar-refractivity contribution is 7.92. The molecule has 7 heteroatoms. The van der Waals surface area contributed by atoms with Gasteiger partial charge in [0.2, 0.25) is 0 Å². The van der Waals surface area contributed by atoms with Crippen LogP contribution in [0, 0.1) is 12.7 Å². The van der Waals surface area contributed by atoms with Crippen LogP contribution in [0.5, 0.6) is 0 Å². The Morgan fingerprint density at radius 2 is 2.05 bits per heavy atom. The maximum atomic E-state index is 13.5. The van der Waals surface area contributed by atoms with Gasteiger partial charge in [0.1, 0.15) is 10.7 Å². The predicted molar refractivity (Wildman–Crippen MR) is 69.9 cm³/mol. The van der Waals surface area contributed by atoms with E-state index in [-0.39, 0.29) is 5.82 Å². The van der Waals surface area contributed by atoms with Crippen LogP contribution >= 0.6 is 0 Å². The van der Waals surface area contributed by atoms with Gasteiger partial charge in [-0.05, 0) is 25.5 Å². The normalized spacial score (nSPS) is 11.5. The lowest BCUT2D eigenvalue weighted by atomic mass is 10.2. The molecule has 2 N–H and O–H groups in total. The molecule has 0 bridgehead atoms. The van der Waals surface area contributed by atoms with Crippen molar-refractivity contribution in [1.82, 2.24) is 10.2 Å². The number of rotatable bonds is 4. The van der Waals surface area contributed by atoms with E-state index in [0.717, 1.165) is 11.8 Å². The largest absolute Gasteiger partial charge is 0.280 e. The average Bonchev–Trinajstić information content (AvgIpc) is 2.70. The summed E-state index contributed by atoms with van der Waals surface area (Å²) in [6.45, 7) is 3.68. The first kappa shape index (κ1) is 13.5. The summed E-state index contributed by atoms with van der Waals surface area (Å²) in [5.74, 6) is -0.598. The predicted octanol–water partition coefficient (Wildman–Crippen LogP) is 2.22. The molecule has 0 unspecified atom stereocenters. The van der Waals surface area contributed by atoms with Gasteiger partial charge in [0.25, 0.3) is 10.0 Å². The van der Waals surface area contributed by atoms with E-state index in [4.69, 9.17) is 0 Å². The number of benzene rings is 1. The SMILES string of the molecule is CCc1[nH]nc(NS(=O)(=O)c2ccccc2F)c1C. The molecular weight excluding hydrogens is 269 g/mol. The second-order valence-electron chi connectivity index (χ2n) is 4.07. The minimum absolute atomic E-state index is 0.195. The zero-order chi connectivity index (χ0) is 14.0. The summed E-state index contributed by atoms with van der Waals surface area (Å²) in [4.78, 5) is -0.393. The standard InChI is InChI=1S/C12H14FN3O2S/c1-3-10-8(2)12(15-14-10)16-19(17,18)11-7-5-4-6-9(11)13/h4-7H,3H2,1-2H3,(H2,14,15,16). The van der Waals surface area contributed by atoms with Crippen molar-refractivity contribution in [1.29, 1.82) is 0 Å². The zero-order valence-electron chi connectivity index (χ0n) is 10.6. The number of aromatic nitrogens is 2. The molecular formula is C12H14FN3O2S. The monoisotopic (exact) mass is 283 g/mol. The van der Waals surface area contributed by atoms with Crippen LogP contribution in [-0.2, 0) is 16.4 Å². The van der Waals surface area contributed by atoms with E-state index >= 15 is 0 Å². The molecule has 0 fully saturated rings. The fourth-order valence-electron chi connectivity index (χ4n) is 1.72. The summed E-state index contributed by atoms with van der Waals surface area (Å²) in [6.07, 6.45) is 0.709. The van der Waals surface area contributed by atoms with E-state index in [9.17, 15) is 12.8 Å². The maximum Gasteiger partial charge on any atom is 0.266 e. The molecule has 0 aliphatic carbocycles. The van der Waals surface area contributed by atoms with Gasteiger partial charge in [-0.15, -0.1) is 0 Å². The first-order valence-electron chi connectivity index (χ1n) is 5.77. The van der Waals surface area contributed by atoms with E-state index in [1.54, 1.807) is 6.92 Å². The van der Waals surface area contributed by atoms with E-state index in [0.29, 0.717) is 12.0 Å². The van der Waals surface area contributed by atoms with Gasteiger partial charge in [-0.1, -0.05) is 19.1 Å². The lowest BCUT2D eigenvalue weighted by molar-refractivity contribution is 0.570. The second kappa shape index (κ2) is 5.00. The lowest BCUT2D eigenvalue weighted by Crippen LogP contribution is -2.15. The number of nitrogens with one attached hydrogen (secondary N) is 2. The molecule has 102 valence electrons. The number of anilines is 1. The number of halogens is 1. The number of hydrogen-bond donors (Lipinski definition) is 2. The fraction of sp³-hybridized carbons (Fsp3) is 0.250. The first-order chi connectivity index (χ1) is 8.95. The molecule has 0 radical (unpaired) electrons. The molecule has 0 aliphatic heterocycles. The van der Waals surface area contributed by atoms with Gasteiger partial charge in [0.15, 0.2) is 5.82 Å². The van der Waals surface area contributed by atoms with Crippen LogP contribution in [0.3, 0.4) is 0 Å². The Morgan fingerprint density at radius 3 is 2.63 bits per heavy atom. The van der Waals surface area contributed by atoms with Crippen molar-refractivity contribution in [3.05, 3.63) is 41.3 Å². The summed E-state index contributed by atoms with van der Waals surface area (Å²) in [7, 11) is -3.97. The summed E-state index contributed by atoms with van der Waals surface area (Å²) >= 11 is 0. The van der Waals surface area contributed by atoms with Gasteiger partial charge in [0, 0.05) is 11.3 Å². The average molecular weight is 283 g/mol. The van der Waals surface area contributed by atoms with Crippen molar-refractivity contribution in [3.63, 3.8) is 0 Å². The van der Waals surface area contributed by atoms with Crippen molar-refractivity contribution in [2.45, 2.75) is 25.2 Å². The highest BCUT2D eigenvalue weighted by Gasteiger charge is 2.21. The molecule has 1 heterocycles. The van der Waals surface area contributed by atoms with E-state index < -0.39 is 20.7 Å². The van der Waals surface area contributed by atoms with Crippen LogP contribution in [0.25, 0.3) is 0 Å². The van der Waals surface area contributed by atoms with Crippen LogP contribution in [0.2, 0.25) is 0 Å². The zero-order valence-corrected chi connectivity index (χ0v) is 11.4. The van der Waals surface area contributed by atoms with E-state index in [2.05, 4.69) is 14.9 Å². The van der Waals surface area contributed by atoms with E-state index in [1.807, 2.05) is 6.92 Å². The Labute approximate surface area is 110 Å². The van der Waals surface area contributed by atoms with Gasteiger partial charge in [-0.2, -0.15) is 5.10 Å². The van der Waals surface area contributed by atoms with Gasteiger partial charge >= 0.3 is 0 Å². The number of sulfonamides is 1. The molecule has 0 aliphatic rings. The molecule has 19 heavy (non-hydrogen) atoms. The highest BCUT2D eigenvalue weighted by atomic mass is 32.2. The molecule has 0 saturated heterocycles. The quantitative estimate of drug-likeness (QED) is 0.903. The Bertz CT molecular complexity index is 695. The summed E-state index contributed by atoms with van der Waals surface area (Å²) in [6, 6.07) is 5.21. The third kappa shape index (κ3) is 2.60. The third-order valence-electron chi connectivity index (χ3n) is 2.82. The molecule has 1 aromatic heterocycles. The number of hydrogen-bond acceptors (Lipinski definition) is 3. The Kier molecular flexibility index (Phi) is 3.57. The summed E-state index contributed by atoms with van der Waals surface area (Å²) in [5.41, 5.74) is 1.55. The minimum Gasteiger partial charge on any atom is -0.280 e. The van der Waals surface area contributed by atoms with Gasteiger partial charge in [-0.25, -0.2) is 12.8 Å². The maximum absolute atomic E-state index is 13.5.